The standard InChI is InChI=1S/C38H53FN6O3S.C24H36FN3O3S.C14H19N3O/c1-38(2,3)17-24-45-35(47)32(49-36(45)29-11-9-12-30(39)34(29)40-18-25-42-19-7-4-8-20-42)26-33(46)43-21-15-28(16-22-43)44-23-14-27-10-5-6-13-31(27)41-37(44)48;1-24(2,3)10-14-28-22(31)19(16-20(29)30)32-23(28)17-8-7-9-18(25)21(17)26-11-15-27-12-5-4-6-13-27;18-14-16-13-4-2-1-3-11(13)7-10-17(14)12-5-8-15-9-6-12/h5-6,9-13,28,32,36,40H,4,7-8,14-26H2,1-3H3,(H,41,48);7-9,19,23,26H,4-6,10-16H2,1-3H3,(H,29,30);1-4,12,15H,5-10H2,(H,16,18)/t32-,36?;19-,23?;/m00./s1. The zero-order chi connectivity index (χ0) is 70.2. The van der Waals surface area contributed by atoms with Gasteiger partial charge >= 0.3 is 18.0 Å². The molecule has 0 saturated carbocycles. The number of likely N-dealkylation sites (tertiary alicyclic amines) is 3. The van der Waals surface area contributed by atoms with Gasteiger partial charge in [0.1, 0.15) is 22.4 Å². The Balaban J connectivity index is 0.000000180. The minimum Gasteiger partial charge on any atom is -0.481 e. The average molecular weight is 1400 g/mol. The molecule has 4 aromatic carbocycles. The van der Waals surface area contributed by atoms with Gasteiger partial charge in [0.2, 0.25) is 17.7 Å². The van der Waals surface area contributed by atoms with E-state index >= 15 is 4.39 Å². The SMILES string of the molecule is CC(C)(C)CCN1C(=O)[C@H](CC(=O)N2CCC(N3CCc4ccccc4NC3=O)CC2)SC1c1cccc(F)c1NCCN1CCCCC1.CC(C)(C)CCN1C(=O)[C@H](CC(=O)O)SC1c1cccc(F)c1NCCN1CCCCC1.O=C1Nc2ccccc2CCN1C1CCNCC1. The molecule has 0 radical (unpaired) electrons. The highest BCUT2D eigenvalue weighted by Gasteiger charge is 2.46. The molecule has 8 aliphatic heterocycles. The third kappa shape index (κ3) is 20.8. The third-order valence-electron chi connectivity index (χ3n) is 20.5. The van der Waals surface area contributed by atoms with Crippen LogP contribution in [0.5, 0.6) is 0 Å². The van der Waals surface area contributed by atoms with E-state index in [2.05, 4.69) is 90.1 Å². The second-order valence-electron chi connectivity index (χ2n) is 30.2. The average Bonchev–Trinajstić information content (AvgIpc) is 1.67. The van der Waals surface area contributed by atoms with Crippen LogP contribution in [0.15, 0.2) is 84.9 Å². The van der Waals surface area contributed by atoms with Crippen LogP contribution in [0.2, 0.25) is 0 Å². The van der Waals surface area contributed by atoms with Crippen LogP contribution < -0.4 is 26.6 Å². The molecule has 6 fully saturated rings. The van der Waals surface area contributed by atoms with Crippen LogP contribution in [0, 0.1) is 22.5 Å². The summed E-state index contributed by atoms with van der Waals surface area (Å²) in [5.41, 5.74) is 6.61. The predicted octanol–water partition coefficient (Wildman–Crippen LogP) is 13.0. The molecule has 7 amide bonds. The fraction of sp³-hybridized carbons (Fsp3) is 0.605. The van der Waals surface area contributed by atoms with Gasteiger partial charge in [0, 0.05) is 106 Å². The quantitative estimate of drug-likeness (QED) is 0.0487. The number of fused-ring (bicyclic) bond motifs is 2. The van der Waals surface area contributed by atoms with Crippen molar-refractivity contribution in [2.24, 2.45) is 10.8 Å². The molecule has 6 saturated heterocycles. The van der Waals surface area contributed by atoms with E-state index in [0.717, 1.165) is 120 Å². The van der Waals surface area contributed by atoms with Gasteiger partial charge in [-0.2, -0.15) is 0 Å². The van der Waals surface area contributed by atoms with Gasteiger partial charge in [-0.3, -0.25) is 19.2 Å². The highest BCUT2D eigenvalue weighted by molar-refractivity contribution is 8.01. The Hall–Kier alpha value is -6.66. The monoisotopic (exact) mass is 1400 g/mol. The number of nitrogens with one attached hydrogen (secondary N) is 5. The fourth-order valence-corrected chi connectivity index (χ4v) is 17.7. The zero-order valence-corrected chi connectivity index (χ0v) is 60.9. The summed E-state index contributed by atoms with van der Waals surface area (Å²) in [5.74, 6) is -1.91. The van der Waals surface area contributed by atoms with Gasteiger partial charge in [-0.25, -0.2) is 18.4 Å². The molecule has 99 heavy (non-hydrogen) atoms. The van der Waals surface area contributed by atoms with Crippen LogP contribution in [0.4, 0.5) is 41.1 Å². The molecule has 12 rings (SSSR count). The number of halogens is 2. The molecule has 540 valence electrons. The molecule has 8 heterocycles. The molecule has 2 unspecified atom stereocenters. The lowest BCUT2D eigenvalue weighted by molar-refractivity contribution is -0.140. The number of para-hydroxylation sites is 4. The number of nitrogens with zero attached hydrogens (tertiary/aromatic N) is 7. The fourth-order valence-electron chi connectivity index (χ4n) is 14.7. The number of carboxylic acids is 1. The van der Waals surface area contributed by atoms with Gasteiger partial charge in [-0.05, 0) is 163 Å². The highest BCUT2D eigenvalue weighted by atomic mass is 32.2. The summed E-state index contributed by atoms with van der Waals surface area (Å²) >= 11 is 2.80. The number of carboxylic acid groups (broad SMARTS) is 1. The summed E-state index contributed by atoms with van der Waals surface area (Å²) < 4.78 is 30.3. The summed E-state index contributed by atoms with van der Waals surface area (Å²) in [5, 5.41) is 23.4. The number of hydrogen-bond donors (Lipinski definition) is 6. The minimum atomic E-state index is -0.994. The van der Waals surface area contributed by atoms with E-state index in [1.807, 2.05) is 68.1 Å². The van der Waals surface area contributed by atoms with Gasteiger partial charge in [-0.1, -0.05) is 115 Å². The number of hydrogen-bond acceptors (Lipinski definition) is 13. The lowest BCUT2D eigenvalue weighted by Gasteiger charge is -2.38. The molecule has 23 heteroatoms. The van der Waals surface area contributed by atoms with Crippen LogP contribution in [0.25, 0.3) is 0 Å². The maximum Gasteiger partial charge on any atom is 0.322 e. The van der Waals surface area contributed by atoms with Gasteiger partial charge < -0.3 is 66.0 Å². The number of rotatable bonds is 20. The van der Waals surface area contributed by atoms with E-state index in [0.29, 0.717) is 81.6 Å². The molecule has 8 aliphatic rings. The van der Waals surface area contributed by atoms with E-state index < -0.39 is 21.8 Å². The number of carbonyl (C=O) groups is 6. The van der Waals surface area contributed by atoms with E-state index in [4.69, 9.17) is 0 Å². The summed E-state index contributed by atoms with van der Waals surface area (Å²) in [6.45, 7) is 25.7. The van der Waals surface area contributed by atoms with Crippen molar-refractivity contribution < 1.29 is 42.7 Å². The van der Waals surface area contributed by atoms with Gasteiger partial charge in [0.15, 0.2) is 0 Å². The topological polar surface area (TPSA) is 205 Å². The van der Waals surface area contributed by atoms with Crippen molar-refractivity contribution in [2.75, 3.05) is 126 Å². The number of carbonyl (C=O) groups excluding carboxylic acids is 5. The second kappa shape index (κ2) is 35.3. The molecule has 6 N–H and O–H groups in total. The summed E-state index contributed by atoms with van der Waals surface area (Å²) in [6.07, 6.45) is 14.1. The minimum absolute atomic E-state index is 0.0122. The number of urea groups is 2. The first-order chi connectivity index (χ1) is 47.6. The molecule has 4 atom stereocenters. The van der Waals surface area contributed by atoms with Crippen molar-refractivity contribution in [1.29, 1.82) is 0 Å². The maximum atomic E-state index is 15.4. The number of thioether (sulfide) groups is 2. The highest BCUT2D eigenvalue weighted by Crippen LogP contribution is 2.49. The number of piperidine rings is 4. The van der Waals surface area contributed by atoms with Crippen molar-refractivity contribution in [3.63, 3.8) is 0 Å². The van der Waals surface area contributed by atoms with Crippen molar-refractivity contribution in [1.82, 2.24) is 39.6 Å². The number of anilines is 4. The van der Waals surface area contributed by atoms with Crippen LogP contribution in [-0.4, -0.2) is 202 Å². The van der Waals surface area contributed by atoms with Gasteiger partial charge in [0.05, 0.1) is 28.3 Å². The second-order valence-corrected chi connectivity index (χ2v) is 32.7. The van der Waals surface area contributed by atoms with E-state index in [9.17, 15) is 38.3 Å². The molecule has 0 aromatic heterocycles. The summed E-state index contributed by atoms with van der Waals surface area (Å²) in [7, 11) is 0. The van der Waals surface area contributed by atoms with Crippen molar-refractivity contribution in [2.45, 2.75) is 178 Å². The summed E-state index contributed by atoms with van der Waals surface area (Å²) in [4.78, 5) is 91.7. The zero-order valence-electron chi connectivity index (χ0n) is 59.3. The summed E-state index contributed by atoms with van der Waals surface area (Å²) in [6, 6.07) is 26.5. The normalized spacial score (nSPS) is 22.2. The first-order valence-corrected chi connectivity index (χ1v) is 38.4. The number of benzene rings is 4. The Kier molecular flexibility index (Phi) is 26.7. The van der Waals surface area contributed by atoms with E-state index in [1.54, 1.807) is 17.0 Å². The first kappa shape index (κ1) is 75.0. The van der Waals surface area contributed by atoms with Crippen molar-refractivity contribution in [3.8, 4) is 0 Å². The first-order valence-electron chi connectivity index (χ1n) is 36.5. The smallest absolute Gasteiger partial charge is 0.322 e. The molecule has 4 aromatic rings. The van der Waals surface area contributed by atoms with Crippen LogP contribution in [0.1, 0.15) is 164 Å². The molecular formula is C76H108F2N12O7S2. The van der Waals surface area contributed by atoms with Crippen molar-refractivity contribution in [3.05, 3.63) is 119 Å². The Morgan fingerprint density at radius 1 is 0.525 bits per heavy atom. The number of aliphatic carboxylic acids is 1. The Morgan fingerprint density at radius 3 is 1.38 bits per heavy atom. The maximum absolute atomic E-state index is 15.4. The molecule has 0 spiro atoms. The Labute approximate surface area is 594 Å². The van der Waals surface area contributed by atoms with Crippen LogP contribution in [0.3, 0.4) is 0 Å². The van der Waals surface area contributed by atoms with Gasteiger partial charge in [0.25, 0.3) is 0 Å². The van der Waals surface area contributed by atoms with Crippen LogP contribution >= 0.6 is 23.5 Å². The van der Waals surface area contributed by atoms with Crippen molar-refractivity contribution >= 4 is 82.0 Å². The number of amides is 7. The molecule has 0 aliphatic carbocycles. The van der Waals surface area contributed by atoms with E-state index in [-0.39, 0.29) is 76.5 Å². The Morgan fingerprint density at radius 2 is 0.949 bits per heavy atom. The van der Waals surface area contributed by atoms with E-state index in [1.165, 1.54) is 79.7 Å². The lowest BCUT2D eigenvalue weighted by Crippen LogP contribution is -2.50. The largest absolute Gasteiger partial charge is 0.481 e. The third-order valence-corrected chi connectivity index (χ3v) is 23.4. The van der Waals surface area contributed by atoms with Crippen LogP contribution in [-0.2, 0) is 32.0 Å². The lowest BCUT2D eigenvalue weighted by atomic mass is 9.92. The Bertz CT molecular complexity index is 3380. The molecule has 19 nitrogen and oxygen atoms in total. The molecular weight excluding hydrogens is 1300 g/mol. The predicted molar refractivity (Wildman–Crippen MR) is 394 cm³/mol. The van der Waals surface area contributed by atoms with Gasteiger partial charge in [-0.15, -0.1) is 23.5 Å². The molecule has 0 bridgehead atoms.